The average molecular weight is 245 g/mol. The lowest BCUT2D eigenvalue weighted by atomic mass is 10.2. The smallest absolute Gasteiger partial charge is 0.303 e. The summed E-state index contributed by atoms with van der Waals surface area (Å²) >= 11 is 0. The van der Waals surface area contributed by atoms with Crippen LogP contribution in [0.2, 0.25) is 0 Å². The van der Waals surface area contributed by atoms with Gasteiger partial charge in [0.25, 0.3) is 0 Å². The molecule has 0 radical (unpaired) electrons. The summed E-state index contributed by atoms with van der Waals surface area (Å²) < 4.78 is 25.9. The molecule has 0 saturated carbocycles. The molecule has 0 saturated heterocycles. The number of aliphatic carboxylic acids is 1. The molecule has 0 aliphatic carbocycles. The highest BCUT2D eigenvalue weighted by atomic mass is 19.1. The maximum atomic E-state index is 13.1. The molecule has 0 aliphatic heterocycles. The number of nitrogens with one attached hydrogen (secondary N) is 1. The zero-order valence-electron chi connectivity index (χ0n) is 8.99. The molecule has 1 rings (SSSR count). The zero-order chi connectivity index (χ0) is 12.8. The van der Waals surface area contributed by atoms with Crippen LogP contribution in [0.15, 0.2) is 18.2 Å². The maximum Gasteiger partial charge on any atom is 0.303 e. The molecule has 1 unspecified atom stereocenters. The minimum atomic E-state index is -1.01. The first-order valence-electron chi connectivity index (χ1n) is 5.08. The van der Waals surface area contributed by atoms with Crippen molar-refractivity contribution in [2.45, 2.75) is 18.9 Å². The van der Waals surface area contributed by atoms with Crippen LogP contribution in [-0.4, -0.2) is 28.8 Å². The van der Waals surface area contributed by atoms with Gasteiger partial charge in [0, 0.05) is 13.0 Å². The number of anilines is 1. The largest absolute Gasteiger partial charge is 0.481 e. The number of carboxylic acids is 1. The van der Waals surface area contributed by atoms with Gasteiger partial charge in [-0.25, -0.2) is 8.78 Å². The van der Waals surface area contributed by atoms with Crippen molar-refractivity contribution < 1.29 is 23.8 Å². The van der Waals surface area contributed by atoms with Crippen molar-refractivity contribution in [3.63, 3.8) is 0 Å². The van der Waals surface area contributed by atoms with Crippen LogP contribution in [0.4, 0.5) is 14.5 Å². The Balaban J connectivity index is 2.44. The Labute approximate surface area is 96.9 Å². The van der Waals surface area contributed by atoms with Crippen LogP contribution >= 0.6 is 0 Å². The topological polar surface area (TPSA) is 69.6 Å². The van der Waals surface area contributed by atoms with Crippen LogP contribution in [0.5, 0.6) is 0 Å². The molecule has 0 heterocycles. The monoisotopic (exact) mass is 245 g/mol. The van der Waals surface area contributed by atoms with E-state index in [1.165, 1.54) is 0 Å². The van der Waals surface area contributed by atoms with Crippen molar-refractivity contribution in [2.75, 3.05) is 11.9 Å². The van der Waals surface area contributed by atoms with Crippen molar-refractivity contribution in [3.05, 3.63) is 29.8 Å². The number of carboxylic acid groups (broad SMARTS) is 1. The molecule has 4 nitrogen and oxygen atoms in total. The van der Waals surface area contributed by atoms with E-state index in [4.69, 9.17) is 5.11 Å². The SMILES string of the molecule is O=C(O)CCC(O)CNc1cc(F)ccc1F. The number of aliphatic hydroxyl groups excluding tert-OH is 1. The predicted molar refractivity (Wildman–Crippen MR) is 57.7 cm³/mol. The van der Waals surface area contributed by atoms with E-state index in [1.54, 1.807) is 0 Å². The van der Waals surface area contributed by atoms with Crippen LogP contribution in [0, 0.1) is 11.6 Å². The summed E-state index contributed by atoms with van der Waals surface area (Å²) in [6, 6.07) is 2.93. The molecule has 0 amide bonds. The van der Waals surface area contributed by atoms with Gasteiger partial charge in [-0.1, -0.05) is 0 Å². The molecule has 1 atom stereocenters. The molecule has 1 aromatic carbocycles. The van der Waals surface area contributed by atoms with E-state index in [-0.39, 0.29) is 25.1 Å². The first-order chi connectivity index (χ1) is 7.99. The van der Waals surface area contributed by atoms with Crippen molar-refractivity contribution in [2.24, 2.45) is 0 Å². The van der Waals surface area contributed by atoms with Gasteiger partial charge in [-0.2, -0.15) is 0 Å². The quantitative estimate of drug-likeness (QED) is 0.712. The molecule has 94 valence electrons. The van der Waals surface area contributed by atoms with Gasteiger partial charge in [0.1, 0.15) is 11.6 Å². The molecular weight excluding hydrogens is 232 g/mol. The van der Waals surface area contributed by atoms with Gasteiger partial charge in [-0.3, -0.25) is 4.79 Å². The van der Waals surface area contributed by atoms with Gasteiger partial charge in [0.05, 0.1) is 11.8 Å². The minimum absolute atomic E-state index is 0.0341. The highest BCUT2D eigenvalue weighted by Crippen LogP contribution is 2.15. The third-order valence-corrected chi connectivity index (χ3v) is 2.15. The number of hydrogen-bond acceptors (Lipinski definition) is 3. The fraction of sp³-hybridized carbons (Fsp3) is 0.364. The van der Waals surface area contributed by atoms with E-state index in [2.05, 4.69) is 5.32 Å². The lowest BCUT2D eigenvalue weighted by molar-refractivity contribution is -0.137. The highest BCUT2D eigenvalue weighted by molar-refractivity contribution is 5.66. The summed E-state index contributed by atoms with van der Waals surface area (Å²) in [6.07, 6.45) is -1.04. The van der Waals surface area contributed by atoms with Gasteiger partial charge in [0.15, 0.2) is 0 Å². The number of aliphatic hydroxyl groups is 1. The van der Waals surface area contributed by atoms with E-state index < -0.39 is 23.7 Å². The molecule has 0 fully saturated rings. The Morgan fingerprint density at radius 2 is 2.12 bits per heavy atom. The molecule has 0 spiro atoms. The number of rotatable bonds is 6. The van der Waals surface area contributed by atoms with E-state index in [1.807, 2.05) is 0 Å². The van der Waals surface area contributed by atoms with Crippen molar-refractivity contribution in [1.82, 2.24) is 0 Å². The van der Waals surface area contributed by atoms with Crippen molar-refractivity contribution in [3.8, 4) is 0 Å². The van der Waals surface area contributed by atoms with E-state index >= 15 is 0 Å². The molecular formula is C11H13F2NO3. The summed E-state index contributed by atoms with van der Waals surface area (Å²) in [5.41, 5.74) is -0.0561. The standard InChI is InChI=1S/C11H13F2NO3/c12-7-1-3-9(13)10(5-7)14-6-8(15)2-4-11(16)17/h1,3,5,8,14-15H,2,4,6H2,(H,16,17). The van der Waals surface area contributed by atoms with Gasteiger partial charge in [-0.05, 0) is 24.6 Å². The van der Waals surface area contributed by atoms with Gasteiger partial charge >= 0.3 is 5.97 Å². The Morgan fingerprint density at radius 1 is 1.41 bits per heavy atom. The third-order valence-electron chi connectivity index (χ3n) is 2.15. The van der Waals surface area contributed by atoms with Crippen LogP contribution < -0.4 is 5.32 Å². The fourth-order valence-corrected chi connectivity index (χ4v) is 1.25. The zero-order valence-corrected chi connectivity index (χ0v) is 8.99. The molecule has 1 aromatic rings. The summed E-state index contributed by atoms with van der Waals surface area (Å²) in [5, 5.41) is 20.3. The summed E-state index contributed by atoms with van der Waals surface area (Å²) in [7, 11) is 0. The Hall–Kier alpha value is -1.69. The van der Waals surface area contributed by atoms with Crippen molar-refractivity contribution >= 4 is 11.7 Å². The summed E-state index contributed by atoms with van der Waals surface area (Å²) in [4.78, 5) is 10.2. The van der Waals surface area contributed by atoms with Crippen LogP contribution in [0.3, 0.4) is 0 Å². The number of halogens is 2. The van der Waals surface area contributed by atoms with Crippen LogP contribution in [0.25, 0.3) is 0 Å². The van der Waals surface area contributed by atoms with E-state index in [0.717, 1.165) is 18.2 Å². The number of carbonyl (C=O) groups is 1. The highest BCUT2D eigenvalue weighted by Gasteiger charge is 2.09. The Bertz CT molecular complexity index is 398. The second-order valence-electron chi connectivity index (χ2n) is 3.59. The van der Waals surface area contributed by atoms with Crippen LogP contribution in [-0.2, 0) is 4.79 Å². The summed E-state index contributed by atoms with van der Waals surface area (Å²) in [6.45, 7) is -0.0341. The Kier molecular flexibility index (Phi) is 4.84. The number of hydrogen-bond donors (Lipinski definition) is 3. The fourth-order valence-electron chi connectivity index (χ4n) is 1.25. The second-order valence-corrected chi connectivity index (χ2v) is 3.59. The first-order valence-corrected chi connectivity index (χ1v) is 5.08. The van der Waals surface area contributed by atoms with E-state index in [9.17, 15) is 18.7 Å². The van der Waals surface area contributed by atoms with Gasteiger partial charge < -0.3 is 15.5 Å². The first kappa shape index (κ1) is 13.4. The lowest BCUT2D eigenvalue weighted by Crippen LogP contribution is -2.21. The van der Waals surface area contributed by atoms with E-state index in [0.29, 0.717) is 0 Å². The molecule has 6 heteroatoms. The third kappa shape index (κ3) is 4.78. The normalized spacial score (nSPS) is 12.2. The Morgan fingerprint density at radius 3 is 2.76 bits per heavy atom. The molecule has 0 aliphatic rings. The molecule has 17 heavy (non-hydrogen) atoms. The minimum Gasteiger partial charge on any atom is -0.481 e. The molecule has 0 aromatic heterocycles. The predicted octanol–water partition coefficient (Wildman–Crippen LogP) is 1.60. The van der Waals surface area contributed by atoms with Gasteiger partial charge in [-0.15, -0.1) is 0 Å². The average Bonchev–Trinajstić information content (AvgIpc) is 2.27. The molecule has 0 bridgehead atoms. The second kappa shape index (κ2) is 6.15. The van der Waals surface area contributed by atoms with Gasteiger partial charge in [0.2, 0.25) is 0 Å². The number of benzene rings is 1. The summed E-state index contributed by atoms with van der Waals surface area (Å²) in [5.74, 6) is -2.23. The van der Waals surface area contributed by atoms with Crippen LogP contribution in [0.1, 0.15) is 12.8 Å². The lowest BCUT2D eigenvalue weighted by Gasteiger charge is -2.12. The maximum absolute atomic E-state index is 13.1. The van der Waals surface area contributed by atoms with Crippen molar-refractivity contribution in [1.29, 1.82) is 0 Å². The molecule has 3 N–H and O–H groups in total.